The largest absolute Gasteiger partial charge is 0.392 e. The van der Waals surface area contributed by atoms with Gasteiger partial charge in [-0.15, -0.1) is 0 Å². The Labute approximate surface area is 135 Å². The molecule has 1 amide bonds. The quantitative estimate of drug-likeness (QED) is 0.900. The van der Waals surface area contributed by atoms with Gasteiger partial charge >= 0.3 is 0 Å². The summed E-state index contributed by atoms with van der Waals surface area (Å²) in [7, 11) is 1.81. The third kappa shape index (κ3) is 4.18. The van der Waals surface area contributed by atoms with E-state index in [1.807, 2.05) is 25.2 Å². The third-order valence-corrected chi connectivity index (χ3v) is 4.04. The zero-order chi connectivity index (χ0) is 16.2. The molecule has 1 aromatic carbocycles. The summed E-state index contributed by atoms with van der Waals surface area (Å²) in [5.74, 6) is -0.140. The molecule has 1 aromatic heterocycles. The predicted octanol–water partition coefficient (Wildman–Crippen LogP) is 1.63. The van der Waals surface area contributed by atoms with E-state index in [9.17, 15) is 9.90 Å². The van der Waals surface area contributed by atoms with Crippen molar-refractivity contribution >= 4 is 11.6 Å². The molecule has 1 aliphatic rings. The van der Waals surface area contributed by atoms with E-state index in [4.69, 9.17) is 0 Å². The number of β-amino-alcohol motifs (C(OH)–C–C–N with tert-alkyl or cyclic N) is 1. The highest BCUT2D eigenvalue weighted by Crippen LogP contribution is 2.15. The Bertz CT molecular complexity index is 683. The molecule has 0 spiro atoms. The molecule has 0 aliphatic carbocycles. The number of amides is 1. The maximum Gasteiger partial charge on any atom is 0.255 e. The molecule has 1 atom stereocenters. The molecule has 0 bridgehead atoms. The van der Waals surface area contributed by atoms with Crippen LogP contribution >= 0.6 is 0 Å². The maximum absolute atomic E-state index is 12.3. The van der Waals surface area contributed by atoms with Crippen LogP contribution in [0.4, 0.5) is 5.69 Å². The Hall–Kier alpha value is -2.18. The minimum atomic E-state index is -0.235. The van der Waals surface area contributed by atoms with Gasteiger partial charge in [-0.3, -0.25) is 14.4 Å². The van der Waals surface area contributed by atoms with Gasteiger partial charge in [-0.05, 0) is 37.1 Å². The molecule has 6 nitrogen and oxygen atoms in total. The standard InChI is InChI=1S/C17H22N4O2/c1-20-11-15(9-18-20)19-17(23)14-5-2-4-13(8-14)10-21-7-3-6-16(22)12-21/h2,4-5,8-9,11,16,22H,3,6-7,10,12H2,1H3,(H,19,23)/t16-/m0/s1. The summed E-state index contributed by atoms with van der Waals surface area (Å²) in [5.41, 5.74) is 2.39. The van der Waals surface area contributed by atoms with Crippen LogP contribution in [0.1, 0.15) is 28.8 Å². The van der Waals surface area contributed by atoms with Crippen molar-refractivity contribution in [3.63, 3.8) is 0 Å². The van der Waals surface area contributed by atoms with E-state index < -0.39 is 0 Å². The second-order valence-electron chi connectivity index (χ2n) is 6.09. The number of piperidine rings is 1. The van der Waals surface area contributed by atoms with Gasteiger partial charge in [0.25, 0.3) is 5.91 Å². The molecule has 0 saturated carbocycles. The number of rotatable bonds is 4. The van der Waals surface area contributed by atoms with Crippen LogP contribution in [0.2, 0.25) is 0 Å². The number of nitrogens with one attached hydrogen (secondary N) is 1. The SMILES string of the molecule is Cn1cc(NC(=O)c2cccc(CN3CCC[C@H](O)C3)c2)cn1. The molecule has 6 heteroatoms. The first kappa shape index (κ1) is 15.7. The highest BCUT2D eigenvalue weighted by molar-refractivity contribution is 6.04. The number of benzene rings is 1. The first-order valence-corrected chi connectivity index (χ1v) is 7.89. The molecule has 1 aliphatic heterocycles. The van der Waals surface area contributed by atoms with Crippen LogP contribution in [0, 0.1) is 0 Å². The van der Waals surface area contributed by atoms with Crippen molar-refractivity contribution in [2.45, 2.75) is 25.5 Å². The van der Waals surface area contributed by atoms with Gasteiger partial charge in [-0.2, -0.15) is 5.10 Å². The van der Waals surface area contributed by atoms with Crippen molar-refractivity contribution in [1.29, 1.82) is 0 Å². The van der Waals surface area contributed by atoms with Crippen molar-refractivity contribution < 1.29 is 9.90 Å². The van der Waals surface area contributed by atoms with Gasteiger partial charge in [-0.1, -0.05) is 12.1 Å². The van der Waals surface area contributed by atoms with Crippen LogP contribution in [0.3, 0.4) is 0 Å². The second-order valence-corrected chi connectivity index (χ2v) is 6.09. The number of aryl methyl sites for hydroxylation is 1. The van der Waals surface area contributed by atoms with Gasteiger partial charge < -0.3 is 10.4 Å². The number of aliphatic hydroxyl groups is 1. The average molecular weight is 314 g/mol. The minimum Gasteiger partial charge on any atom is -0.392 e. The Morgan fingerprint density at radius 1 is 1.48 bits per heavy atom. The number of carbonyl (C=O) groups excluding carboxylic acids is 1. The van der Waals surface area contributed by atoms with E-state index in [0.29, 0.717) is 17.8 Å². The van der Waals surface area contributed by atoms with Gasteiger partial charge in [0.2, 0.25) is 0 Å². The number of hydrogen-bond acceptors (Lipinski definition) is 4. The monoisotopic (exact) mass is 314 g/mol. The molecule has 2 N–H and O–H groups in total. The fraction of sp³-hybridized carbons (Fsp3) is 0.412. The molecule has 2 aromatic rings. The summed E-state index contributed by atoms with van der Waals surface area (Å²) in [6.07, 6.45) is 5.04. The topological polar surface area (TPSA) is 70.4 Å². The average Bonchev–Trinajstić information content (AvgIpc) is 2.92. The minimum absolute atomic E-state index is 0.140. The smallest absolute Gasteiger partial charge is 0.255 e. The Balaban J connectivity index is 1.65. The first-order valence-electron chi connectivity index (χ1n) is 7.89. The zero-order valence-electron chi connectivity index (χ0n) is 13.3. The van der Waals surface area contributed by atoms with Crippen LogP contribution < -0.4 is 5.32 Å². The molecule has 2 heterocycles. The summed E-state index contributed by atoms with van der Waals surface area (Å²) in [6.45, 7) is 2.44. The van der Waals surface area contributed by atoms with Gasteiger partial charge in [-0.25, -0.2) is 0 Å². The molecule has 23 heavy (non-hydrogen) atoms. The normalized spacial score (nSPS) is 18.8. The molecule has 0 unspecified atom stereocenters. The lowest BCUT2D eigenvalue weighted by Crippen LogP contribution is -2.37. The number of nitrogens with zero attached hydrogens (tertiary/aromatic N) is 3. The van der Waals surface area contributed by atoms with Crippen LogP contribution in [0.25, 0.3) is 0 Å². The van der Waals surface area contributed by atoms with E-state index in [1.54, 1.807) is 23.1 Å². The van der Waals surface area contributed by atoms with Gasteiger partial charge in [0.05, 0.1) is 18.0 Å². The van der Waals surface area contributed by atoms with Crippen molar-refractivity contribution in [1.82, 2.24) is 14.7 Å². The lowest BCUT2D eigenvalue weighted by Gasteiger charge is -2.30. The Morgan fingerprint density at radius 3 is 3.09 bits per heavy atom. The van der Waals surface area contributed by atoms with Crippen molar-refractivity contribution in [2.75, 3.05) is 18.4 Å². The molecule has 1 fully saturated rings. The number of anilines is 1. The zero-order valence-corrected chi connectivity index (χ0v) is 13.3. The van der Waals surface area contributed by atoms with E-state index in [0.717, 1.165) is 31.5 Å². The van der Waals surface area contributed by atoms with Gasteiger partial charge in [0.15, 0.2) is 0 Å². The molecular weight excluding hydrogens is 292 g/mol. The highest BCUT2D eigenvalue weighted by atomic mass is 16.3. The van der Waals surface area contributed by atoms with Crippen molar-refractivity contribution in [3.05, 3.63) is 47.8 Å². The Morgan fingerprint density at radius 2 is 2.35 bits per heavy atom. The van der Waals surface area contributed by atoms with Crippen LogP contribution in [0.5, 0.6) is 0 Å². The lowest BCUT2D eigenvalue weighted by molar-refractivity contribution is 0.0668. The summed E-state index contributed by atoms with van der Waals surface area (Å²) in [6, 6.07) is 7.63. The fourth-order valence-corrected chi connectivity index (χ4v) is 2.93. The number of likely N-dealkylation sites (tertiary alicyclic amines) is 1. The lowest BCUT2D eigenvalue weighted by atomic mass is 10.1. The van der Waals surface area contributed by atoms with Crippen LogP contribution in [0.15, 0.2) is 36.7 Å². The van der Waals surface area contributed by atoms with Gasteiger partial charge in [0, 0.05) is 31.9 Å². The summed E-state index contributed by atoms with van der Waals surface area (Å²) in [4.78, 5) is 14.5. The van der Waals surface area contributed by atoms with Crippen LogP contribution in [-0.2, 0) is 13.6 Å². The second kappa shape index (κ2) is 6.93. The summed E-state index contributed by atoms with van der Waals surface area (Å²) >= 11 is 0. The number of hydrogen-bond donors (Lipinski definition) is 2. The summed E-state index contributed by atoms with van der Waals surface area (Å²) < 4.78 is 1.65. The van der Waals surface area contributed by atoms with E-state index in [2.05, 4.69) is 15.3 Å². The number of carbonyl (C=O) groups is 1. The fourth-order valence-electron chi connectivity index (χ4n) is 2.93. The molecule has 0 radical (unpaired) electrons. The third-order valence-electron chi connectivity index (χ3n) is 4.04. The molecule has 122 valence electrons. The molecule has 3 rings (SSSR count). The first-order chi connectivity index (χ1) is 11.1. The van der Waals surface area contributed by atoms with Crippen LogP contribution in [-0.4, -0.2) is 44.9 Å². The highest BCUT2D eigenvalue weighted by Gasteiger charge is 2.18. The maximum atomic E-state index is 12.3. The number of aromatic nitrogens is 2. The Kier molecular flexibility index (Phi) is 4.73. The van der Waals surface area contributed by atoms with E-state index >= 15 is 0 Å². The van der Waals surface area contributed by atoms with Crippen molar-refractivity contribution in [2.24, 2.45) is 7.05 Å². The van der Waals surface area contributed by atoms with Crippen molar-refractivity contribution in [3.8, 4) is 0 Å². The molecule has 1 saturated heterocycles. The van der Waals surface area contributed by atoms with E-state index in [1.165, 1.54) is 0 Å². The molecular formula is C17H22N4O2. The van der Waals surface area contributed by atoms with E-state index in [-0.39, 0.29) is 12.0 Å². The number of aliphatic hydroxyl groups excluding tert-OH is 1. The predicted molar refractivity (Wildman–Crippen MR) is 88.1 cm³/mol. The van der Waals surface area contributed by atoms with Gasteiger partial charge in [0.1, 0.15) is 0 Å². The summed E-state index contributed by atoms with van der Waals surface area (Å²) in [5, 5.41) is 16.6.